The van der Waals surface area contributed by atoms with Gasteiger partial charge in [-0.2, -0.15) is 5.26 Å². The monoisotopic (exact) mass is 326 g/mol. The Hall–Kier alpha value is -2.94. The van der Waals surface area contributed by atoms with Crippen molar-refractivity contribution in [3.05, 3.63) is 41.7 Å². The van der Waals surface area contributed by atoms with E-state index < -0.39 is 0 Å². The minimum atomic E-state index is -0.239. The number of carbonyl (C=O) groups excluding carboxylic acids is 1. The highest BCUT2D eigenvalue weighted by molar-refractivity contribution is 5.92. The molecule has 0 fully saturated rings. The molecule has 0 aliphatic rings. The van der Waals surface area contributed by atoms with Crippen LogP contribution in [0.3, 0.4) is 0 Å². The number of para-hydroxylation sites is 2. The molecule has 24 heavy (non-hydrogen) atoms. The number of rotatable bonds is 6. The van der Waals surface area contributed by atoms with Gasteiger partial charge in [0.05, 0.1) is 18.5 Å². The van der Waals surface area contributed by atoms with Crippen LogP contribution in [0.15, 0.2) is 30.3 Å². The molecule has 0 unspecified atom stereocenters. The SMILES string of the molecule is COc1ccccc1NC(=O)Cn1c(C#N)cc(N)c1CC(C)C. The molecule has 0 saturated heterocycles. The molecule has 0 radical (unpaired) electrons. The van der Waals surface area contributed by atoms with Gasteiger partial charge in [0.25, 0.3) is 0 Å². The summed E-state index contributed by atoms with van der Waals surface area (Å²) in [4.78, 5) is 12.4. The van der Waals surface area contributed by atoms with Crippen molar-refractivity contribution in [2.45, 2.75) is 26.8 Å². The van der Waals surface area contributed by atoms with E-state index in [1.54, 1.807) is 29.9 Å². The zero-order valence-electron chi connectivity index (χ0n) is 14.2. The third-order valence-corrected chi connectivity index (χ3v) is 3.64. The highest BCUT2D eigenvalue weighted by Gasteiger charge is 2.17. The Bertz CT molecular complexity index is 772. The molecule has 0 saturated carbocycles. The maximum absolute atomic E-state index is 12.4. The molecule has 6 nitrogen and oxygen atoms in total. The quantitative estimate of drug-likeness (QED) is 0.853. The third-order valence-electron chi connectivity index (χ3n) is 3.64. The van der Waals surface area contributed by atoms with Gasteiger partial charge in [-0.15, -0.1) is 0 Å². The van der Waals surface area contributed by atoms with Gasteiger partial charge in [-0.1, -0.05) is 26.0 Å². The number of nitrogens with zero attached hydrogens (tertiary/aromatic N) is 2. The van der Waals surface area contributed by atoms with Gasteiger partial charge in [0, 0.05) is 5.69 Å². The van der Waals surface area contributed by atoms with Crippen molar-refractivity contribution in [1.29, 1.82) is 5.26 Å². The minimum absolute atomic E-state index is 0.0280. The zero-order chi connectivity index (χ0) is 17.7. The van der Waals surface area contributed by atoms with Crippen LogP contribution < -0.4 is 15.8 Å². The van der Waals surface area contributed by atoms with Gasteiger partial charge >= 0.3 is 0 Å². The highest BCUT2D eigenvalue weighted by atomic mass is 16.5. The lowest BCUT2D eigenvalue weighted by Crippen LogP contribution is -2.22. The molecule has 0 aliphatic carbocycles. The Morgan fingerprint density at radius 1 is 1.42 bits per heavy atom. The van der Waals surface area contributed by atoms with E-state index in [-0.39, 0.29) is 12.5 Å². The first-order valence-corrected chi connectivity index (χ1v) is 7.77. The molecule has 126 valence electrons. The standard InChI is InChI=1S/C18H22N4O2/c1-12(2)8-16-14(20)9-13(10-19)22(16)11-18(23)21-15-6-4-5-7-17(15)24-3/h4-7,9,12H,8,11,20H2,1-3H3,(H,21,23). The summed E-state index contributed by atoms with van der Waals surface area (Å²) >= 11 is 0. The zero-order valence-corrected chi connectivity index (χ0v) is 14.2. The van der Waals surface area contributed by atoms with Crippen LogP contribution in [0.2, 0.25) is 0 Å². The molecule has 0 spiro atoms. The summed E-state index contributed by atoms with van der Waals surface area (Å²) in [5, 5.41) is 12.1. The summed E-state index contributed by atoms with van der Waals surface area (Å²) in [7, 11) is 1.55. The number of hydrogen-bond acceptors (Lipinski definition) is 4. The van der Waals surface area contributed by atoms with Crippen molar-refractivity contribution < 1.29 is 9.53 Å². The molecule has 6 heteroatoms. The average Bonchev–Trinajstić information content (AvgIpc) is 2.83. The van der Waals surface area contributed by atoms with Gasteiger partial charge in [0.2, 0.25) is 5.91 Å². The summed E-state index contributed by atoms with van der Waals surface area (Å²) in [6.45, 7) is 4.16. The average molecular weight is 326 g/mol. The van der Waals surface area contributed by atoms with E-state index in [9.17, 15) is 10.1 Å². The molecule has 0 aliphatic heterocycles. The summed E-state index contributed by atoms with van der Waals surface area (Å²) in [5.74, 6) is 0.710. The smallest absolute Gasteiger partial charge is 0.244 e. The van der Waals surface area contributed by atoms with Gasteiger partial charge in [-0.25, -0.2) is 0 Å². The molecular weight excluding hydrogens is 304 g/mol. The van der Waals surface area contributed by atoms with Gasteiger partial charge in [0.1, 0.15) is 24.1 Å². The number of hydrogen-bond donors (Lipinski definition) is 2. The first-order valence-electron chi connectivity index (χ1n) is 7.77. The number of ether oxygens (including phenoxy) is 1. The second-order valence-corrected chi connectivity index (χ2v) is 5.98. The third kappa shape index (κ3) is 3.87. The minimum Gasteiger partial charge on any atom is -0.495 e. The Kier molecular flexibility index (Phi) is 5.48. The van der Waals surface area contributed by atoms with Gasteiger partial charge in [-0.3, -0.25) is 4.79 Å². The van der Waals surface area contributed by atoms with Crippen molar-refractivity contribution in [2.75, 3.05) is 18.2 Å². The number of carbonyl (C=O) groups is 1. The van der Waals surface area contributed by atoms with E-state index in [1.807, 2.05) is 12.1 Å². The van der Waals surface area contributed by atoms with E-state index in [1.165, 1.54) is 0 Å². The number of nitrogen functional groups attached to an aromatic ring is 1. The maximum atomic E-state index is 12.4. The molecule has 0 bridgehead atoms. The Morgan fingerprint density at radius 2 is 2.12 bits per heavy atom. The fourth-order valence-electron chi connectivity index (χ4n) is 2.58. The largest absolute Gasteiger partial charge is 0.495 e. The van der Waals surface area contributed by atoms with E-state index in [4.69, 9.17) is 10.5 Å². The Labute approximate surface area is 141 Å². The molecule has 1 aromatic carbocycles. The number of benzene rings is 1. The second-order valence-electron chi connectivity index (χ2n) is 5.98. The maximum Gasteiger partial charge on any atom is 0.244 e. The molecule has 2 aromatic rings. The first kappa shape index (κ1) is 17.4. The van der Waals surface area contributed by atoms with Crippen LogP contribution >= 0.6 is 0 Å². The molecule has 3 N–H and O–H groups in total. The molecule has 2 rings (SSSR count). The van der Waals surface area contributed by atoms with Crippen molar-refractivity contribution in [1.82, 2.24) is 4.57 Å². The number of amides is 1. The van der Waals surface area contributed by atoms with Gasteiger partial charge in [0.15, 0.2) is 0 Å². The molecule has 1 aromatic heterocycles. The van der Waals surface area contributed by atoms with Crippen LogP contribution in [-0.2, 0) is 17.8 Å². The van der Waals surface area contributed by atoms with E-state index >= 15 is 0 Å². The summed E-state index contributed by atoms with van der Waals surface area (Å²) in [6.07, 6.45) is 0.704. The molecular formula is C18H22N4O2. The van der Waals surface area contributed by atoms with Crippen LogP contribution in [0.25, 0.3) is 0 Å². The van der Waals surface area contributed by atoms with Crippen molar-refractivity contribution in [2.24, 2.45) is 5.92 Å². The predicted octanol–water partition coefficient (Wildman–Crippen LogP) is 2.79. The topological polar surface area (TPSA) is 93.1 Å². The number of aromatic nitrogens is 1. The van der Waals surface area contributed by atoms with Gasteiger partial charge in [-0.05, 0) is 30.5 Å². The van der Waals surface area contributed by atoms with Gasteiger partial charge < -0.3 is 20.4 Å². The van der Waals surface area contributed by atoms with E-state index in [2.05, 4.69) is 25.2 Å². The van der Waals surface area contributed by atoms with E-state index in [0.717, 1.165) is 5.69 Å². The Balaban J connectivity index is 2.24. The molecule has 1 amide bonds. The van der Waals surface area contributed by atoms with Crippen LogP contribution in [0.1, 0.15) is 25.2 Å². The number of methoxy groups -OCH3 is 1. The lowest BCUT2D eigenvalue weighted by atomic mass is 10.1. The summed E-state index contributed by atoms with van der Waals surface area (Å²) in [6, 6.07) is 10.9. The van der Waals surface area contributed by atoms with Crippen molar-refractivity contribution >= 4 is 17.3 Å². The molecule has 0 atom stereocenters. The fraction of sp³-hybridized carbons (Fsp3) is 0.333. The lowest BCUT2D eigenvalue weighted by Gasteiger charge is -2.14. The summed E-state index contributed by atoms with van der Waals surface area (Å²) < 4.78 is 6.91. The van der Waals surface area contributed by atoms with E-state index in [0.29, 0.717) is 35.2 Å². The Morgan fingerprint density at radius 3 is 2.75 bits per heavy atom. The van der Waals surface area contributed by atoms with Crippen LogP contribution in [0.5, 0.6) is 5.75 Å². The highest BCUT2D eigenvalue weighted by Crippen LogP contribution is 2.24. The lowest BCUT2D eigenvalue weighted by molar-refractivity contribution is -0.116. The number of anilines is 2. The number of nitrogens with one attached hydrogen (secondary N) is 1. The second kappa shape index (κ2) is 7.55. The normalized spacial score (nSPS) is 10.5. The molecule has 1 heterocycles. The van der Waals surface area contributed by atoms with Crippen molar-refractivity contribution in [3.8, 4) is 11.8 Å². The van der Waals surface area contributed by atoms with Crippen LogP contribution in [0.4, 0.5) is 11.4 Å². The first-order chi connectivity index (χ1) is 11.5. The summed E-state index contributed by atoms with van der Waals surface area (Å²) in [5.41, 5.74) is 8.36. The fourth-order valence-corrected chi connectivity index (χ4v) is 2.58. The predicted molar refractivity (Wildman–Crippen MR) is 93.7 cm³/mol. The van der Waals surface area contributed by atoms with Crippen LogP contribution in [0, 0.1) is 17.2 Å². The van der Waals surface area contributed by atoms with Crippen molar-refractivity contribution in [3.63, 3.8) is 0 Å². The number of nitriles is 1. The number of nitrogens with two attached hydrogens (primary N) is 1. The van der Waals surface area contributed by atoms with Crippen LogP contribution in [-0.4, -0.2) is 17.6 Å².